The molecule has 9 nitrogen and oxygen atoms in total. The van der Waals surface area contributed by atoms with Crippen LogP contribution in [0.25, 0.3) is 0 Å². The van der Waals surface area contributed by atoms with E-state index in [0.717, 1.165) is 16.3 Å². The number of esters is 1. The van der Waals surface area contributed by atoms with Gasteiger partial charge in [0, 0.05) is 25.6 Å². The van der Waals surface area contributed by atoms with E-state index in [1.165, 1.54) is 0 Å². The van der Waals surface area contributed by atoms with Crippen LogP contribution in [0.4, 0.5) is 11.6 Å². The molecular formula is C21H27N5O4. The second-order valence-electron chi connectivity index (χ2n) is 6.85. The van der Waals surface area contributed by atoms with Crippen molar-refractivity contribution in [2.45, 2.75) is 26.7 Å². The maximum Gasteiger partial charge on any atom is 0.306 e. The third-order valence-electron chi connectivity index (χ3n) is 4.50. The highest BCUT2D eigenvalue weighted by molar-refractivity contribution is 5.80. The lowest BCUT2D eigenvalue weighted by Gasteiger charge is -2.28. The van der Waals surface area contributed by atoms with E-state index in [9.17, 15) is 10.0 Å². The molecule has 0 aliphatic carbocycles. The highest BCUT2D eigenvalue weighted by Crippen LogP contribution is 2.20. The van der Waals surface area contributed by atoms with Crippen LogP contribution in [0.5, 0.6) is 0 Å². The Morgan fingerprint density at radius 3 is 2.87 bits per heavy atom. The molecule has 0 saturated carbocycles. The number of ether oxygens (including phenoxy) is 2. The van der Waals surface area contributed by atoms with Gasteiger partial charge in [-0.05, 0) is 19.4 Å². The number of hydrazone groups is 1. The number of morpholine rings is 1. The summed E-state index contributed by atoms with van der Waals surface area (Å²) in [6.45, 7) is 6.66. The van der Waals surface area contributed by atoms with Gasteiger partial charge in [0.25, 0.3) is 0 Å². The molecule has 0 amide bonds. The number of nitrogens with zero attached hydrogens (tertiary/aromatic N) is 5. The number of anilines is 2. The zero-order valence-electron chi connectivity index (χ0n) is 17.3. The van der Waals surface area contributed by atoms with Crippen molar-refractivity contribution >= 4 is 23.8 Å². The van der Waals surface area contributed by atoms with Gasteiger partial charge in [0.05, 0.1) is 32.5 Å². The lowest BCUT2D eigenvalue weighted by molar-refractivity contribution is -0.143. The average molecular weight is 413 g/mol. The van der Waals surface area contributed by atoms with Gasteiger partial charge in [0.2, 0.25) is 0 Å². The molecule has 0 radical (unpaired) electrons. The van der Waals surface area contributed by atoms with E-state index in [1.54, 1.807) is 19.2 Å². The Hall–Kier alpha value is -3.04. The Balaban J connectivity index is 1.81. The van der Waals surface area contributed by atoms with Crippen LogP contribution in [0.1, 0.15) is 30.3 Å². The first kappa shape index (κ1) is 21.7. The summed E-state index contributed by atoms with van der Waals surface area (Å²) in [6.07, 6.45) is 2.03. The Labute approximate surface area is 175 Å². The number of hydrogen-bond acceptors (Lipinski definition) is 9. The van der Waals surface area contributed by atoms with E-state index >= 15 is 0 Å². The van der Waals surface area contributed by atoms with E-state index in [1.807, 2.05) is 31.2 Å². The normalized spacial score (nSPS) is 14.2. The lowest BCUT2D eigenvalue weighted by atomic mass is 10.2. The van der Waals surface area contributed by atoms with Gasteiger partial charge in [-0.3, -0.25) is 10.0 Å². The van der Waals surface area contributed by atoms with Gasteiger partial charge in [0.15, 0.2) is 5.82 Å². The van der Waals surface area contributed by atoms with E-state index in [2.05, 4.69) is 20.0 Å². The van der Waals surface area contributed by atoms with Crippen LogP contribution in [0.15, 0.2) is 35.4 Å². The summed E-state index contributed by atoms with van der Waals surface area (Å²) in [7, 11) is 0. The van der Waals surface area contributed by atoms with Crippen LogP contribution < -0.4 is 10.1 Å². The predicted octanol–water partition coefficient (Wildman–Crippen LogP) is 2.35. The number of carbonyl (C=O) groups is 1. The van der Waals surface area contributed by atoms with E-state index in [-0.39, 0.29) is 18.2 Å². The van der Waals surface area contributed by atoms with Gasteiger partial charge >= 0.3 is 5.97 Å². The van der Waals surface area contributed by atoms with Crippen molar-refractivity contribution in [1.82, 2.24) is 9.97 Å². The Morgan fingerprint density at radius 1 is 1.33 bits per heavy atom. The molecular weight excluding hydrogens is 386 g/mol. The maximum absolute atomic E-state index is 11.7. The van der Waals surface area contributed by atoms with Crippen LogP contribution in [0.3, 0.4) is 0 Å². The van der Waals surface area contributed by atoms with Gasteiger partial charge in [-0.15, -0.1) is 5.17 Å². The third kappa shape index (κ3) is 6.23. The smallest absolute Gasteiger partial charge is 0.306 e. The zero-order valence-corrected chi connectivity index (χ0v) is 17.3. The largest absolute Gasteiger partial charge is 0.466 e. The highest BCUT2D eigenvalue weighted by Gasteiger charge is 2.17. The second kappa shape index (κ2) is 10.7. The molecule has 0 bridgehead atoms. The van der Waals surface area contributed by atoms with Crippen molar-refractivity contribution in [2.75, 3.05) is 43.0 Å². The topological polar surface area (TPSA) is 100 Å². The number of aromatic nitrogens is 2. The molecule has 1 aliphatic rings. The Morgan fingerprint density at radius 2 is 2.13 bits per heavy atom. The molecule has 1 aromatic heterocycles. The minimum Gasteiger partial charge on any atom is -0.466 e. The second-order valence-corrected chi connectivity index (χ2v) is 6.85. The van der Waals surface area contributed by atoms with Crippen LogP contribution in [0.2, 0.25) is 0 Å². The first-order valence-electron chi connectivity index (χ1n) is 10.0. The quantitative estimate of drug-likeness (QED) is 0.400. The van der Waals surface area contributed by atoms with Crippen molar-refractivity contribution in [3.8, 4) is 0 Å². The van der Waals surface area contributed by atoms with E-state index in [4.69, 9.17) is 9.47 Å². The lowest BCUT2D eigenvalue weighted by Crippen LogP contribution is -2.37. The SMILES string of the molecule is CCOC(=O)CCc1nc(N2CCOCC2)cc(N(O)N=Cc2cccc(C)c2)n1. The van der Waals surface area contributed by atoms with Crippen molar-refractivity contribution in [3.05, 3.63) is 47.3 Å². The standard InChI is InChI=1S/C21H27N5O4/c1-3-30-21(27)8-7-18-23-19(25-9-11-29-12-10-25)14-20(24-18)26(28)22-15-17-6-4-5-16(2)13-17/h4-6,13-15,28H,3,7-12H2,1-2H3. The van der Waals surface area contributed by atoms with Crippen molar-refractivity contribution in [1.29, 1.82) is 0 Å². The van der Waals surface area contributed by atoms with Gasteiger partial charge in [-0.25, -0.2) is 9.97 Å². The monoisotopic (exact) mass is 413 g/mol. The molecule has 0 spiro atoms. The van der Waals surface area contributed by atoms with Crippen molar-refractivity contribution in [3.63, 3.8) is 0 Å². The Bertz CT molecular complexity index is 883. The summed E-state index contributed by atoms with van der Waals surface area (Å²) in [5.41, 5.74) is 1.96. The van der Waals surface area contributed by atoms with Crippen LogP contribution >= 0.6 is 0 Å². The van der Waals surface area contributed by atoms with Crippen molar-refractivity contribution < 1.29 is 19.5 Å². The fraction of sp³-hybridized carbons (Fsp3) is 0.429. The molecule has 30 heavy (non-hydrogen) atoms. The molecule has 2 heterocycles. The minimum absolute atomic E-state index is 0.165. The molecule has 1 aliphatic heterocycles. The van der Waals surface area contributed by atoms with Gasteiger partial charge in [-0.1, -0.05) is 29.8 Å². The maximum atomic E-state index is 11.7. The van der Waals surface area contributed by atoms with Gasteiger partial charge in [0.1, 0.15) is 11.6 Å². The molecule has 0 atom stereocenters. The van der Waals surface area contributed by atoms with Gasteiger partial charge in [-0.2, -0.15) is 5.10 Å². The third-order valence-corrected chi connectivity index (χ3v) is 4.50. The first-order chi connectivity index (χ1) is 14.5. The van der Waals surface area contributed by atoms with Crippen LogP contribution in [-0.4, -0.2) is 60.3 Å². The zero-order chi connectivity index (χ0) is 21.3. The molecule has 0 unspecified atom stereocenters. The Kier molecular flexibility index (Phi) is 7.69. The fourth-order valence-corrected chi connectivity index (χ4v) is 3.02. The fourth-order valence-electron chi connectivity index (χ4n) is 3.02. The number of hydrogen-bond donors (Lipinski definition) is 1. The highest BCUT2D eigenvalue weighted by atomic mass is 16.5. The summed E-state index contributed by atoms with van der Waals surface area (Å²) in [4.78, 5) is 22.7. The number of rotatable bonds is 8. The van der Waals surface area contributed by atoms with Crippen molar-refractivity contribution in [2.24, 2.45) is 5.10 Å². The number of aryl methyl sites for hydroxylation is 2. The first-order valence-corrected chi connectivity index (χ1v) is 10.0. The minimum atomic E-state index is -0.308. The summed E-state index contributed by atoms with van der Waals surface area (Å²) in [6, 6.07) is 9.44. The molecule has 3 rings (SSSR count). The van der Waals surface area contributed by atoms with E-state index in [0.29, 0.717) is 51.0 Å². The summed E-state index contributed by atoms with van der Waals surface area (Å²) in [5, 5.41) is 15.3. The summed E-state index contributed by atoms with van der Waals surface area (Å²) < 4.78 is 10.4. The van der Waals surface area contributed by atoms with Gasteiger partial charge < -0.3 is 14.4 Å². The van der Waals surface area contributed by atoms with Crippen LogP contribution in [0, 0.1) is 6.92 Å². The number of benzene rings is 1. The molecule has 1 N–H and O–H groups in total. The van der Waals surface area contributed by atoms with E-state index < -0.39 is 0 Å². The molecule has 160 valence electrons. The number of carbonyl (C=O) groups excluding carboxylic acids is 1. The predicted molar refractivity (Wildman–Crippen MR) is 113 cm³/mol. The molecule has 9 heteroatoms. The molecule has 1 aromatic carbocycles. The summed E-state index contributed by atoms with van der Waals surface area (Å²) in [5.74, 6) is 1.02. The van der Waals surface area contributed by atoms with Crippen LogP contribution in [-0.2, 0) is 20.7 Å². The summed E-state index contributed by atoms with van der Waals surface area (Å²) >= 11 is 0. The molecule has 1 fully saturated rings. The molecule has 1 saturated heterocycles. The molecule has 2 aromatic rings. The average Bonchev–Trinajstić information content (AvgIpc) is 2.77.